The van der Waals surface area contributed by atoms with Crippen molar-refractivity contribution in [3.05, 3.63) is 35.9 Å². The van der Waals surface area contributed by atoms with Gasteiger partial charge in [-0.3, -0.25) is 0 Å². The van der Waals surface area contributed by atoms with Gasteiger partial charge >= 0.3 is 0 Å². The molecule has 3 aliphatic rings. The summed E-state index contributed by atoms with van der Waals surface area (Å²) in [5.74, 6) is 1.65. The number of piperidine rings is 1. The van der Waals surface area contributed by atoms with Gasteiger partial charge < -0.3 is 14.4 Å². The van der Waals surface area contributed by atoms with Gasteiger partial charge in [-0.1, -0.05) is 43.7 Å². The Bertz CT molecular complexity index is 637. The van der Waals surface area contributed by atoms with E-state index in [0.29, 0.717) is 12.0 Å². The molecule has 4 rings (SSSR count). The van der Waals surface area contributed by atoms with Gasteiger partial charge in [-0.25, -0.2) is 0 Å². The van der Waals surface area contributed by atoms with Crippen molar-refractivity contribution in [2.24, 2.45) is 17.8 Å². The van der Waals surface area contributed by atoms with E-state index < -0.39 is 5.79 Å². The summed E-state index contributed by atoms with van der Waals surface area (Å²) >= 11 is 0. The lowest BCUT2D eigenvalue weighted by Crippen LogP contribution is -2.63. The zero-order chi connectivity index (χ0) is 19.8. The molecule has 156 valence electrons. The highest BCUT2D eigenvalue weighted by atomic mass is 16.7. The summed E-state index contributed by atoms with van der Waals surface area (Å²) in [6.07, 6.45) is 7.92. The van der Waals surface area contributed by atoms with Gasteiger partial charge in [-0.2, -0.15) is 0 Å². The number of nitrogens with zero attached hydrogens (tertiary/aromatic N) is 1. The van der Waals surface area contributed by atoms with Crippen LogP contribution in [-0.4, -0.2) is 42.0 Å². The third kappa shape index (κ3) is 4.63. The fourth-order valence-corrected chi connectivity index (χ4v) is 6.07. The maximum atomic E-state index is 6.63. The molecular formula is C25H39NO2. The van der Waals surface area contributed by atoms with Gasteiger partial charge in [0.25, 0.3) is 0 Å². The molecule has 1 aliphatic carbocycles. The van der Waals surface area contributed by atoms with E-state index in [0.717, 1.165) is 18.4 Å². The van der Waals surface area contributed by atoms with Crippen LogP contribution in [-0.2, 0) is 15.9 Å². The van der Waals surface area contributed by atoms with E-state index in [-0.39, 0.29) is 5.60 Å². The topological polar surface area (TPSA) is 21.7 Å². The molecule has 3 nitrogen and oxygen atoms in total. The third-order valence-corrected chi connectivity index (χ3v) is 7.36. The largest absolute Gasteiger partial charge is 0.347 e. The molecule has 0 N–H and O–H groups in total. The van der Waals surface area contributed by atoms with Crippen molar-refractivity contribution in [3.63, 3.8) is 0 Å². The number of fused-ring (bicyclic) bond motifs is 1. The number of hydrogen-bond acceptors (Lipinski definition) is 3. The third-order valence-electron chi connectivity index (χ3n) is 7.36. The SMILES string of the molecule is C[C@@H]1CC[C@@H]2[C@@H](C1)OC(C)(C)O[C@]2(C)CN1CCC(Cc2ccccc2)CC1. The summed E-state index contributed by atoms with van der Waals surface area (Å²) in [7, 11) is 0. The fraction of sp³-hybridized carbons (Fsp3) is 0.760. The van der Waals surface area contributed by atoms with Crippen LogP contribution in [0.5, 0.6) is 0 Å². The molecule has 0 radical (unpaired) electrons. The van der Waals surface area contributed by atoms with E-state index in [2.05, 4.69) is 62.9 Å². The van der Waals surface area contributed by atoms with Crippen LogP contribution in [0.4, 0.5) is 0 Å². The molecular weight excluding hydrogens is 346 g/mol. The van der Waals surface area contributed by atoms with E-state index in [4.69, 9.17) is 9.47 Å². The molecule has 0 aromatic heterocycles. The van der Waals surface area contributed by atoms with E-state index in [1.54, 1.807) is 0 Å². The van der Waals surface area contributed by atoms with Crippen molar-refractivity contribution in [1.82, 2.24) is 4.90 Å². The smallest absolute Gasteiger partial charge is 0.163 e. The molecule has 1 saturated carbocycles. The van der Waals surface area contributed by atoms with Crippen LogP contribution < -0.4 is 0 Å². The van der Waals surface area contributed by atoms with E-state index in [1.165, 1.54) is 57.2 Å². The monoisotopic (exact) mass is 385 g/mol. The number of hydrogen-bond donors (Lipinski definition) is 0. The maximum absolute atomic E-state index is 6.63. The van der Waals surface area contributed by atoms with Gasteiger partial charge in [0.1, 0.15) is 0 Å². The summed E-state index contributed by atoms with van der Waals surface area (Å²) in [4.78, 5) is 2.66. The molecule has 1 aromatic carbocycles. The van der Waals surface area contributed by atoms with Crippen molar-refractivity contribution in [1.29, 1.82) is 0 Å². The zero-order valence-electron chi connectivity index (χ0n) is 18.3. The maximum Gasteiger partial charge on any atom is 0.163 e. The van der Waals surface area contributed by atoms with Crippen molar-refractivity contribution >= 4 is 0 Å². The molecule has 0 spiro atoms. The first-order valence-electron chi connectivity index (χ1n) is 11.5. The number of benzene rings is 1. The normalized spacial score (nSPS) is 36.8. The van der Waals surface area contributed by atoms with E-state index in [1.807, 2.05) is 0 Å². The molecule has 0 bridgehead atoms. The minimum absolute atomic E-state index is 0.0984. The van der Waals surface area contributed by atoms with Gasteiger partial charge in [0, 0.05) is 12.5 Å². The van der Waals surface area contributed by atoms with Gasteiger partial charge in [0.15, 0.2) is 5.79 Å². The van der Waals surface area contributed by atoms with E-state index >= 15 is 0 Å². The summed E-state index contributed by atoms with van der Waals surface area (Å²) in [6.45, 7) is 12.4. The first kappa shape index (κ1) is 20.4. The van der Waals surface area contributed by atoms with E-state index in [9.17, 15) is 0 Å². The van der Waals surface area contributed by atoms with Gasteiger partial charge in [0.2, 0.25) is 0 Å². The highest BCUT2D eigenvalue weighted by molar-refractivity contribution is 5.15. The molecule has 0 amide bonds. The lowest BCUT2D eigenvalue weighted by atomic mass is 9.71. The highest BCUT2D eigenvalue weighted by Crippen LogP contribution is 2.47. The average Bonchev–Trinajstić information content (AvgIpc) is 2.62. The number of rotatable bonds is 4. The van der Waals surface area contributed by atoms with Crippen LogP contribution in [0.2, 0.25) is 0 Å². The Hall–Kier alpha value is -0.900. The lowest BCUT2D eigenvalue weighted by Gasteiger charge is -2.56. The average molecular weight is 386 g/mol. The van der Waals surface area contributed by atoms with Crippen LogP contribution in [0, 0.1) is 17.8 Å². The number of likely N-dealkylation sites (tertiary alicyclic amines) is 1. The minimum atomic E-state index is -0.474. The fourth-order valence-electron chi connectivity index (χ4n) is 6.07. The van der Waals surface area contributed by atoms with Crippen LogP contribution >= 0.6 is 0 Å². The Labute approximate surface area is 171 Å². The van der Waals surface area contributed by atoms with Crippen molar-refractivity contribution in [2.45, 2.75) is 83.7 Å². The first-order chi connectivity index (χ1) is 13.3. The second kappa shape index (κ2) is 8.08. The molecule has 0 unspecified atom stereocenters. The van der Waals surface area contributed by atoms with Crippen LogP contribution in [0.25, 0.3) is 0 Å². The Balaban J connectivity index is 1.36. The Kier molecular flexibility index (Phi) is 5.88. The van der Waals surface area contributed by atoms with Gasteiger partial charge in [-0.15, -0.1) is 0 Å². The standard InChI is InChI=1S/C25H39NO2/c1-19-10-11-22-23(16-19)27-24(2,3)28-25(22,4)18-26-14-12-21(13-15-26)17-20-8-6-5-7-9-20/h5-9,19,21-23H,10-18H2,1-4H3/t19-,22-,23-,25-/m1/s1. The van der Waals surface area contributed by atoms with Crippen LogP contribution in [0.1, 0.15) is 65.4 Å². The second-order valence-corrected chi connectivity index (χ2v) is 10.4. The first-order valence-corrected chi connectivity index (χ1v) is 11.5. The molecule has 3 heteroatoms. The second-order valence-electron chi connectivity index (χ2n) is 10.4. The quantitative estimate of drug-likeness (QED) is 0.703. The molecule has 2 heterocycles. The zero-order valence-corrected chi connectivity index (χ0v) is 18.3. The minimum Gasteiger partial charge on any atom is -0.347 e. The van der Waals surface area contributed by atoms with Crippen molar-refractivity contribution in [3.8, 4) is 0 Å². The molecule has 2 saturated heterocycles. The van der Waals surface area contributed by atoms with Crippen molar-refractivity contribution < 1.29 is 9.47 Å². The molecule has 3 fully saturated rings. The van der Waals surface area contributed by atoms with Crippen LogP contribution in [0.3, 0.4) is 0 Å². The molecule has 4 atom stereocenters. The number of ether oxygens (including phenoxy) is 2. The summed E-state index contributed by atoms with van der Waals surface area (Å²) in [5, 5.41) is 0. The predicted octanol–water partition coefficient (Wildman–Crippen LogP) is 5.29. The highest BCUT2D eigenvalue weighted by Gasteiger charge is 2.52. The molecule has 28 heavy (non-hydrogen) atoms. The molecule has 1 aromatic rings. The summed E-state index contributed by atoms with van der Waals surface area (Å²) < 4.78 is 13.0. The Morgan fingerprint density at radius 3 is 2.43 bits per heavy atom. The molecule has 2 aliphatic heterocycles. The summed E-state index contributed by atoms with van der Waals surface area (Å²) in [5.41, 5.74) is 1.39. The summed E-state index contributed by atoms with van der Waals surface area (Å²) in [6, 6.07) is 11.0. The van der Waals surface area contributed by atoms with Gasteiger partial charge in [-0.05, 0) is 83.4 Å². The predicted molar refractivity (Wildman–Crippen MR) is 114 cm³/mol. The van der Waals surface area contributed by atoms with Crippen LogP contribution in [0.15, 0.2) is 30.3 Å². The van der Waals surface area contributed by atoms with Gasteiger partial charge in [0.05, 0.1) is 11.7 Å². The lowest BCUT2D eigenvalue weighted by molar-refractivity contribution is -0.362. The Morgan fingerprint density at radius 2 is 1.71 bits per heavy atom. The Morgan fingerprint density at radius 1 is 1.00 bits per heavy atom. The van der Waals surface area contributed by atoms with Crippen molar-refractivity contribution in [2.75, 3.05) is 19.6 Å².